The van der Waals surface area contributed by atoms with Crippen LogP contribution in [0.4, 0.5) is 0 Å². The van der Waals surface area contributed by atoms with Crippen molar-refractivity contribution in [1.29, 1.82) is 0 Å². The fourth-order valence-electron chi connectivity index (χ4n) is 2.44. The summed E-state index contributed by atoms with van der Waals surface area (Å²) in [5, 5.41) is 18.3. The van der Waals surface area contributed by atoms with Crippen molar-refractivity contribution >= 4 is 5.97 Å². The van der Waals surface area contributed by atoms with E-state index in [1.807, 2.05) is 4.90 Å². The molecule has 0 aromatic rings. The van der Waals surface area contributed by atoms with Gasteiger partial charge < -0.3 is 10.2 Å². The monoisotopic (exact) mass is 285 g/mol. The van der Waals surface area contributed by atoms with Crippen molar-refractivity contribution in [1.82, 2.24) is 14.7 Å². The predicted octanol–water partition coefficient (Wildman–Crippen LogP) is 0.471. The van der Waals surface area contributed by atoms with Crippen molar-refractivity contribution in [2.24, 2.45) is 0 Å². The van der Waals surface area contributed by atoms with Crippen LogP contribution in [-0.2, 0) is 4.79 Å². The molecular weight excluding hydrogens is 258 g/mol. The molecule has 0 saturated carbocycles. The van der Waals surface area contributed by atoms with Crippen LogP contribution >= 0.6 is 0 Å². The summed E-state index contributed by atoms with van der Waals surface area (Å²) in [4.78, 5) is 17.3. The van der Waals surface area contributed by atoms with Crippen LogP contribution in [0.1, 0.15) is 13.8 Å². The number of hydrogen-bond donors (Lipinski definition) is 2. The van der Waals surface area contributed by atoms with Crippen molar-refractivity contribution in [3.63, 3.8) is 0 Å². The van der Waals surface area contributed by atoms with Gasteiger partial charge in [-0.3, -0.25) is 19.5 Å². The average molecular weight is 285 g/mol. The highest BCUT2D eigenvalue weighted by Crippen LogP contribution is 2.05. The van der Waals surface area contributed by atoms with E-state index in [4.69, 9.17) is 5.11 Å². The van der Waals surface area contributed by atoms with Gasteiger partial charge in [0.15, 0.2) is 0 Å². The van der Waals surface area contributed by atoms with Crippen molar-refractivity contribution < 1.29 is 15.0 Å². The Bertz CT molecular complexity index is 306. The Balaban J connectivity index is 2.67. The van der Waals surface area contributed by atoms with Crippen LogP contribution in [-0.4, -0.2) is 89.3 Å². The van der Waals surface area contributed by atoms with Crippen molar-refractivity contribution in [3.05, 3.63) is 12.3 Å². The number of rotatable bonds is 5. The third-order valence-corrected chi connectivity index (χ3v) is 3.63. The van der Waals surface area contributed by atoms with Crippen LogP contribution in [0.2, 0.25) is 0 Å². The second-order valence-electron chi connectivity index (χ2n) is 5.64. The second kappa shape index (κ2) is 8.24. The average Bonchev–Trinajstić information content (AvgIpc) is 2.40. The highest BCUT2D eigenvalue weighted by molar-refractivity contribution is 5.69. The number of carboxylic acid groups (broad SMARTS) is 1. The van der Waals surface area contributed by atoms with E-state index in [-0.39, 0.29) is 12.3 Å². The van der Waals surface area contributed by atoms with E-state index in [1.54, 1.807) is 0 Å². The molecule has 6 nitrogen and oxygen atoms in total. The standard InChI is InChI=1S/C14H27N3O3/c1-12(2)17-8-6-15(10-13(3)18)4-5-16(7-9-17)11-14(19)20/h12,18H,3-11H2,1-2H3,(H,19,20). The summed E-state index contributed by atoms with van der Waals surface area (Å²) in [6, 6.07) is 0.430. The lowest BCUT2D eigenvalue weighted by Gasteiger charge is -2.28. The van der Waals surface area contributed by atoms with Gasteiger partial charge in [-0.2, -0.15) is 0 Å². The Hall–Kier alpha value is -1.11. The number of aliphatic hydroxyl groups excluding tert-OH is 1. The maximum atomic E-state index is 10.9. The number of carbonyl (C=O) groups is 1. The molecule has 0 amide bonds. The first-order valence-corrected chi connectivity index (χ1v) is 7.15. The van der Waals surface area contributed by atoms with E-state index in [2.05, 4.69) is 30.2 Å². The molecule has 1 saturated heterocycles. The van der Waals surface area contributed by atoms with Crippen LogP contribution in [0.15, 0.2) is 12.3 Å². The highest BCUT2D eigenvalue weighted by atomic mass is 16.4. The fourth-order valence-corrected chi connectivity index (χ4v) is 2.44. The van der Waals surface area contributed by atoms with Gasteiger partial charge in [-0.05, 0) is 13.8 Å². The minimum atomic E-state index is -0.793. The Labute approximate surface area is 121 Å². The zero-order chi connectivity index (χ0) is 15.1. The zero-order valence-corrected chi connectivity index (χ0v) is 12.6. The van der Waals surface area contributed by atoms with E-state index in [9.17, 15) is 9.90 Å². The summed E-state index contributed by atoms with van der Waals surface area (Å²) in [6.45, 7) is 13.2. The predicted molar refractivity (Wildman–Crippen MR) is 79.0 cm³/mol. The van der Waals surface area contributed by atoms with Gasteiger partial charge in [0, 0.05) is 45.3 Å². The fraction of sp³-hybridized carbons (Fsp3) is 0.786. The molecule has 0 spiro atoms. The van der Waals surface area contributed by atoms with Crippen molar-refractivity contribution in [3.8, 4) is 0 Å². The van der Waals surface area contributed by atoms with E-state index in [0.717, 1.165) is 32.7 Å². The maximum absolute atomic E-state index is 10.9. The van der Waals surface area contributed by atoms with Crippen molar-refractivity contribution in [2.75, 3.05) is 52.4 Å². The van der Waals surface area contributed by atoms with Crippen LogP contribution < -0.4 is 0 Å². The lowest BCUT2D eigenvalue weighted by Crippen LogP contribution is -2.41. The molecule has 1 heterocycles. The lowest BCUT2D eigenvalue weighted by atomic mass is 10.3. The number of aliphatic carboxylic acids is 1. The molecule has 1 rings (SSSR count). The maximum Gasteiger partial charge on any atom is 0.317 e. The molecule has 6 heteroatoms. The molecule has 0 atom stereocenters. The third kappa shape index (κ3) is 6.36. The molecule has 116 valence electrons. The Morgan fingerprint density at radius 2 is 1.45 bits per heavy atom. The Kier molecular flexibility index (Phi) is 6.98. The quantitative estimate of drug-likeness (QED) is 0.716. The first-order chi connectivity index (χ1) is 9.38. The summed E-state index contributed by atoms with van der Waals surface area (Å²) in [7, 11) is 0. The van der Waals surface area contributed by atoms with Gasteiger partial charge in [-0.1, -0.05) is 6.58 Å². The SMILES string of the molecule is C=C(O)CN1CCN(CC(=O)O)CCN(C(C)C)CC1. The molecule has 2 N–H and O–H groups in total. The van der Waals surface area contributed by atoms with Gasteiger partial charge in [0.25, 0.3) is 0 Å². The topological polar surface area (TPSA) is 67.2 Å². The molecule has 0 radical (unpaired) electrons. The molecule has 0 bridgehead atoms. The van der Waals surface area contributed by atoms with E-state index in [0.29, 0.717) is 19.1 Å². The van der Waals surface area contributed by atoms with Gasteiger partial charge in [0.05, 0.1) is 18.8 Å². The molecule has 0 aromatic carbocycles. The van der Waals surface area contributed by atoms with Gasteiger partial charge in [-0.15, -0.1) is 0 Å². The minimum absolute atomic E-state index is 0.0693. The van der Waals surface area contributed by atoms with Gasteiger partial charge >= 0.3 is 5.97 Å². The largest absolute Gasteiger partial charge is 0.512 e. The summed E-state index contributed by atoms with van der Waals surface area (Å²) >= 11 is 0. The van der Waals surface area contributed by atoms with E-state index < -0.39 is 5.97 Å². The molecule has 0 aliphatic carbocycles. The Morgan fingerprint density at radius 1 is 1.00 bits per heavy atom. The first-order valence-electron chi connectivity index (χ1n) is 7.15. The van der Waals surface area contributed by atoms with Crippen molar-refractivity contribution in [2.45, 2.75) is 19.9 Å². The van der Waals surface area contributed by atoms with Gasteiger partial charge in [0.2, 0.25) is 0 Å². The molecule has 1 fully saturated rings. The van der Waals surface area contributed by atoms with Crippen LogP contribution in [0, 0.1) is 0 Å². The minimum Gasteiger partial charge on any atom is -0.512 e. The van der Waals surface area contributed by atoms with Crippen LogP contribution in [0.3, 0.4) is 0 Å². The zero-order valence-electron chi connectivity index (χ0n) is 12.6. The molecule has 20 heavy (non-hydrogen) atoms. The van der Waals surface area contributed by atoms with E-state index >= 15 is 0 Å². The molecule has 1 aliphatic heterocycles. The summed E-state index contributed by atoms with van der Waals surface area (Å²) in [5.74, 6) is -0.636. The van der Waals surface area contributed by atoms with Crippen LogP contribution in [0.25, 0.3) is 0 Å². The molecule has 0 aromatic heterocycles. The molecular formula is C14H27N3O3. The lowest BCUT2D eigenvalue weighted by molar-refractivity contribution is -0.138. The van der Waals surface area contributed by atoms with E-state index in [1.165, 1.54) is 0 Å². The van der Waals surface area contributed by atoms with Crippen LogP contribution in [0.5, 0.6) is 0 Å². The number of carboxylic acids is 1. The molecule has 0 unspecified atom stereocenters. The summed E-state index contributed by atoms with van der Waals surface area (Å²) in [6.07, 6.45) is 0. The number of hydrogen-bond acceptors (Lipinski definition) is 5. The normalized spacial score (nSPS) is 20.4. The number of aliphatic hydroxyl groups is 1. The first kappa shape index (κ1) is 16.9. The number of nitrogens with zero attached hydrogens (tertiary/aromatic N) is 3. The smallest absolute Gasteiger partial charge is 0.317 e. The third-order valence-electron chi connectivity index (χ3n) is 3.63. The molecule has 1 aliphatic rings. The van der Waals surface area contributed by atoms with Gasteiger partial charge in [-0.25, -0.2) is 0 Å². The second-order valence-corrected chi connectivity index (χ2v) is 5.64. The summed E-state index contributed by atoms with van der Waals surface area (Å²) < 4.78 is 0. The highest BCUT2D eigenvalue weighted by Gasteiger charge is 2.19. The van der Waals surface area contributed by atoms with Gasteiger partial charge in [0.1, 0.15) is 0 Å². The summed E-state index contributed by atoms with van der Waals surface area (Å²) in [5.41, 5.74) is 0. The Morgan fingerprint density at radius 3 is 1.85 bits per heavy atom.